The summed E-state index contributed by atoms with van der Waals surface area (Å²) in [6.07, 6.45) is 7.89. The summed E-state index contributed by atoms with van der Waals surface area (Å²) >= 11 is 0. The van der Waals surface area contributed by atoms with Gasteiger partial charge in [-0.05, 0) is 60.7 Å². The number of nitrogens with two attached hydrogens (primary N) is 1. The van der Waals surface area contributed by atoms with Gasteiger partial charge in [-0.15, -0.1) is 0 Å². The van der Waals surface area contributed by atoms with E-state index in [9.17, 15) is 9.59 Å². The highest BCUT2D eigenvalue weighted by atomic mass is 16.5. The van der Waals surface area contributed by atoms with E-state index < -0.39 is 5.69 Å². The minimum Gasteiger partial charge on any atom is -0.457 e. The highest BCUT2D eigenvalue weighted by molar-refractivity contribution is 6.03. The third-order valence-electron chi connectivity index (χ3n) is 6.65. The minimum atomic E-state index is -0.393. The van der Waals surface area contributed by atoms with Crippen LogP contribution in [0.3, 0.4) is 0 Å². The molecule has 0 aliphatic rings. The van der Waals surface area contributed by atoms with Crippen molar-refractivity contribution in [1.82, 2.24) is 28.7 Å². The molecule has 0 atom stereocenters. The molecule has 11 nitrogen and oxygen atoms in total. The number of likely N-dealkylation sites (N-methyl/N-ethyl adjacent to an activating group) is 1. The standard InChI is InChI=1S/C31H26N8O3/c1-36-18-21(35-20-36)11-16-27(40)37(2)23-7-6-8-24(17-23)39-30-28(29(32)33-19-34-30)38(31(39)41)22-12-14-26(15-13-22)42-25-9-4-3-5-10-25/h3-20H,1-2H3,(H2,32,33,34)/b16-11+. The summed E-state index contributed by atoms with van der Waals surface area (Å²) in [7, 11) is 3.52. The second-order valence-corrected chi connectivity index (χ2v) is 9.51. The van der Waals surface area contributed by atoms with Crippen LogP contribution in [0.15, 0.2) is 109 Å². The summed E-state index contributed by atoms with van der Waals surface area (Å²) in [5.74, 6) is 1.22. The summed E-state index contributed by atoms with van der Waals surface area (Å²) in [5.41, 5.74) is 8.91. The largest absolute Gasteiger partial charge is 0.457 e. The molecule has 3 aromatic heterocycles. The van der Waals surface area contributed by atoms with Gasteiger partial charge in [-0.2, -0.15) is 0 Å². The monoisotopic (exact) mass is 558 g/mol. The lowest BCUT2D eigenvalue weighted by atomic mass is 10.2. The van der Waals surface area contributed by atoms with E-state index in [2.05, 4.69) is 15.0 Å². The fourth-order valence-electron chi connectivity index (χ4n) is 4.56. The lowest BCUT2D eigenvalue weighted by molar-refractivity contribution is -0.113. The number of fused-ring (bicyclic) bond motifs is 1. The van der Waals surface area contributed by atoms with Crippen LogP contribution in [0.2, 0.25) is 0 Å². The molecule has 208 valence electrons. The first-order valence-corrected chi connectivity index (χ1v) is 13.0. The lowest BCUT2D eigenvalue weighted by Gasteiger charge is -2.16. The lowest BCUT2D eigenvalue weighted by Crippen LogP contribution is -2.25. The smallest absolute Gasteiger partial charge is 0.339 e. The molecule has 6 aromatic rings. The van der Waals surface area contributed by atoms with Crippen LogP contribution < -0.4 is 21.1 Å². The van der Waals surface area contributed by atoms with Crippen molar-refractivity contribution >= 4 is 34.7 Å². The number of carbonyl (C=O) groups excluding carboxylic acids is 1. The number of amides is 1. The Bertz CT molecular complexity index is 1990. The van der Waals surface area contributed by atoms with Gasteiger partial charge in [0.15, 0.2) is 11.5 Å². The molecule has 0 aliphatic heterocycles. The average Bonchev–Trinajstić information content (AvgIpc) is 3.56. The van der Waals surface area contributed by atoms with Crippen molar-refractivity contribution in [3.05, 3.63) is 120 Å². The fraction of sp³-hybridized carbons (Fsp3) is 0.0645. The zero-order valence-corrected chi connectivity index (χ0v) is 22.8. The van der Waals surface area contributed by atoms with Crippen LogP contribution in [-0.4, -0.2) is 41.6 Å². The van der Waals surface area contributed by atoms with Crippen LogP contribution in [0.1, 0.15) is 5.69 Å². The Morgan fingerprint density at radius 3 is 2.40 bits per heavy atom. The Hall–Kier alpha value is -5.97. The molecular weight excluding hydrogens is 532 g/mol. The summed E-state index contributed by atoms with van der Waals surface area (Å²) in [6.45, 7) is 0. The summed E-state index contributed by atoms with van der Waals surface area (Å²) < 4.78 is 10.6. The SMILES string of the molecule is CN(C(=O)/C=C/c1cn(C)cn1)c1cccc(-n2c(=O)n(-c3ccc(Oc4ccccc4)cc3)c3c(N)ncnc32)c1. The molecule has 0 saturated heterocycles. The second-order valence-electron chi connectivity index (χ2n) is 9.51. The minimum absolute atomic E-state index is 0.156. The van der Waals surface area contributed by atoms with Crippen LogP contribution >= 0.6 is 0 Å². The molecule has 0 aliphatic carbocycles. The third-order valence-corrected chi connectivity index (χ3v) is 6.65. The predicted octanol–water partition coefficient (Wildman–Crippen LogP) is 4.36. The average molecular weight is 559 g/mol. The molecule has 0 spiro atoms. The Kier molecular flexibility index (Phi) is 6.81. The first-order chi connectivity index (χ1) is 20.4. The van der Waals surface area contributed by atoms with Gasteiger partial charge >= 0.3 is 5.69 Å². The van der Waals surface area contributed by atoms with Crippen LogP contribution in [0, 0.1) is 0 Å². The van der Waals surface area contributed by atoms with Crippen molar-refractivity contribution in [2.75, 3.05) is 17.7 Å². The molecule has 0 radical (unpaired) electrons. The Labute approximate surface area is 240 Å². The summed E-state index contributed by atoms with van der Waals surface area (Å²) in [6, 6.07) is 23.6. The van der Waals surface area contributed by atoms with Crippen molar-refractivity contribution in [1.29, 1.82) is 0 Å². The van der Waals surface area contributed by atoms with Gasteiger partial charge in [0, 0.05) is 32.1 Å². The number of para-hydroxylation sites is 1. The zero-order chi connectivity index (χ0) is 29.2. The van der Waals surface area contributed by atoms with Crippen LogP contribution in [0.4, 0.5) is 11.5 Å². The highest BCUT2D eigenvalue weighted by Crippen LogP contribution is 2.27. The van der Waals surface area contributed by atoms with Crippen LogP contribution in [-0.2, 0) is 11.8 Å². The van der Waals surface area contributed by atoms with Crippen LogP contribution in [0.5, 0.6) is 11.5 Å². The molecule has 2 N–H and O–H groups in total. The molecule has 0 fully saturated rings. The number of benzene rings is 3. The number of aryl methyl sites for hydroxylation is 1. The molecule has 0 bridgehead atoms. The first-order valence-electron chi connectivity index (χ1n) is 13.0. The molecule has 3 aromatic carbocycles. The van der Waals surface area contributed by atoms with E-state index in [0.29, 0.717) is 45.4 Å². The molecule has 3 heterocycles. The molecule has 0 unspecified atom stereocenters. The van der Waals surface area contributed by atoms with E-state index in [4.69, 9.17) is 10.5 Å². The van der Waals surface area contributed by atoms with Gasteiger partial charge in [0.25, 0.3) is 5.91 Å². The van der Waals surface area contributed by atoms with Gasteiger partial charge in [-0.3, -0.25) is 9.36 Å². The molecule has 42 heavy (non-hydrogen) atoms. The van der Waals surface area contributed by atoms with Gasteiger partial charge < -0.3 is 19.9 Å². The number of nitrogen functional groups attached to an aromatic ring is 1. The van der Waals surface area contributed by atoms with Crippen molar-refractivity contribution in [3.63, 3.8) is 0 Å². The molecule has 11 heteroatoms. The number of hydrogen-bond donors (Lipinski definition) is 1. The van der Waals surface area contributed by atoms with E-state index >= 15 is 0 Å². The number of rotatable bonds is 7. The van der Waals surface area contributed by atoms with Gasteiger partial charge in [-0.25, -0.2) is 24.3 Å². The maximum absolute atomic E-state index is 14.0. The Balaban J connectivity index is 1.36. The topological polar surface area (TPSA) is 126 Å². The summed E-state index contributed by atoms with van der Waals surface area (Å²) in [5, 5.41) is 0. The predicted molar refractivity (Wildman–Crippen MR) is 161 cm³/mol. The van der Waals surface area contributed by atoms with Crippen molar-refractivity contribution in [2.24, 2.45) is 7.05 Å². The van der Waals surface area contributed by atoms with Crippen molar-refractivity contribution in [2.45, 2.75) is 0 Å². The van der Waals surface area contributed by atoms with E-state index in [-0.39, 0.29) is 11.7 Å². The van der Waals surface area contributed by atoms with Crippen molar-refractivity contribution in [3.8, 4) is 22.9 Å². The number of ether oxygens (including phenoxy) is 1. The Morgan fingerprint density at radius 1 is 0.905 bits per heavy atom. The number of anilines is 2. The molecular formula is C31H26N8O3. The third kappa shape index (κ3) is 5.02. The number of aromatic nitrogens is 6. The van der Waals surface area contributed by atoms with Crippen molar-refractivity contribution < 1.29 is 9.53 Å². The van der Waals surface area contributed by atoms with E-state index in [1.807, 2.05) is 43.6 Å². The highest BCUT2D eigenvalue weighted by Gasteiger charge is 2.21. The van der Waals surface area contributed by atoms with Gasteiger partial charge in [0.2, 0.25) is 0 Å². The molecule has 6 rings (SSSR count). The maximum atomic E-state index is 14.0. The van der Waals surface area contributed by atoms with Gasteiger partial charge in [0.05, 0.1) is 23.4 Å². The molecule has 1 amide bonds. The van der Waals surface area contributed by atoms with E-state index in [0.717, 1.165) is 0 Å². The van der Waals surface area contributed by atoms with Gasteiger partial charge in [-0.1, -0.05) is 24.3 Å². The number of nitrogens with zero attached hydrogens (tertiary/aromatic N) is 7. The fourth-order valence-corrected chi connectivity index (χ4v) is 4.56. The van der Waals surface area contributed by atoms with Gasteiger partial charge in [0.1, 0.15) is 23.3 Å². The molecule has 0 saturated carbocycles. The Morgan fingerprint density at radius 2 is 1.67 bits per heavy atom. The number of imidazole rings is 2. The first kappa shape index (κ1) is 26.3. The quantitative estimate of drug-likeness (QED) is 0.289. The van der Waals surface area contributed by atoms with E-state index in [1.165, 1.54) is 26.4 Å². The number of hydrogen-bond acceptors (Lipinski definition) is 7. The normalized spacial score (nSPS) is 11.3. The second kappa shape index (κ2) is 10.9. The van der Waals surface area contributed by atoms with E-state index in [1.54, 1.807) is 72.5 Å². The zero-order valence-electron chi connectivity index (χ0n) is 22.8. The van der Waals surface area contributed by atoms with Crippen LogP contribution in [0.25, 0.3) is 28.6 Å². The maximum Gasteiger partial charge on any atom is 0.339 e. The summed E-state index contributed by atoms with van der Waals surface area (Å²) in [4.78, 5) is 41.1. The number of carbonyl (C=O) groups is 1.